The first kappa shape index (κ1) is 22.9. The molecule has 0 saturated heterocycles. The van der Waals surface area contributed by atoms with E-state index in [-0.39, 0.29) is 11.9 Å². The minimum atomic E-state index is -0.359. The lowest BCUT2D eigenvalue weighted by atomic mass is 9.89. The monoisotopic (exact) mass is 451 g/mol. The molecular formula is C29H25NO4. The summed E-state index contributed by atoms with van der Waals surface area (Å²) in [7, 11) is 0. The highest BCUT2D eigenvalue weighted by atomic mass is 16.5. The van der Waals surface area contributed by atoms with Gasteiger partial charge in [-0.2, -0.15) is 0 Å². The fourth-order valence-corrected chi connectivity index (χ4v) is 3.88. The number of ether oxygens (including phenoxy) is 2. The molecule has 0 unspecified atom stereocenters. The van der Waals surface area contributed by atoms with Gasteiger partial charge in [0, 0.05) is 11.8 Å². The molecular weight excluding hydrogens is 426 g/mol. The van der Waals surface area contributed by atoms with Crippen molar-refractivity contribution in [3.63, 3.8) is 0 Å². The van der Waals surface area contributed by atoms with Gasteiger partial charge in [-0.3, -0.25) is 4.98 Å². The van der Waals surface area contributed by atoms with Gasteiger partial charge in [0.05, 0.1) is 30.0 Å². The molecule has 0 atom stereocenters. The van der Waals surface area contributed by atoms with Crippen molar-refractivity contribution in [3.8, 4) is 33.5 Å². The van der Waals surface area contributed by atoms with E-state index in [1.165, 1.54) is 0 Å². The predicted octanol–water partition coefficient (Wildman–Crippen LogP) is 6.44. The summed E-state index contributed by atoms with van der Waals surface area (Å²) in [5.74, 6) is -0.718. The van der Waals surface area contributed by atoms with Crippen molar-refractivity contribution in [2.24, 2.45) is 0 Å². The van der Waals surface area contributed by atoms with E-state index in [9.17, 15) is 9.59 Å². The Kier molecular flexibility index (Phi) is 7.13. The lowest BCUT2D eigenvalue weighted by Gasteiger charge is -2.16. The number of esters is 2. The largest absolute Gasteiger partial charge is 0.462 e. The van der Waals surface area contributed by atoms with Gasteiger partial charge in [-0.15, -0.1) is 0 Å². The van der Waals surface area contributed by atoms with Crippen molar-refractivity contribution in [2.45, 2.75) is 13.8 Å². The van der Waals surface area contributed by atoms with E-state index >= 15 is 0 Å². The molecule has 0 saturated carbocycles. The molecule has 5 heteroatoms. The highest BCUT2D eigenvalue weighted by Crippen LogP contribution is 2.39. The molecule has 3 aromatic carbocycles. The Bertz CT molecular complexity index is 1240. The van der Waals surface area contributed by atoms with Crippen LogP contribution in [0.2, 0.25) is 0 Å². The molecule has 0 aliphatic carbocycles. The van der Waals surface area contributed by atoms with Crippen LogP contribution in [-0.4, -0.2) is 30.1 Å². The van der Waals surface area contributed by atoms with Crippen LogP contribution in [0.15, 0.2) is 91.1 Å². The van der Waals surface area contributed by atoms with Crippen LogP contribution < -0.4 is 0 Å². The van der Waals surface area contributed by atoms with E-state index in [0.29, 0.717) is 24.3 Å². The minimum absolute atomic E-state index is 0.314. The zero-order chi connectivity index (χ0) is 23.9. The average molecular weight is 452 g/mol. The van der Waals surface area contributed by atoms with Crippen LogP contribution in [0.5, 0.6) is 0 Å². The van der Waals surface area contributed by atoms with Crippen LogP contribution in [0, 0.1) is 0 Å². The quantitative estimate of drug-likeness (QED) is 0.303. The minimum Gasteiger partial charge on any atom is -0.462 e. The maximum Gasteiger partial charge on any atom is 0.338 e. The normalized spacial score (nSPS) is 10.5. The summed E-state index contributed by atoms with van der Waals surface area (Å²) in [5.41, 5.74) is 6.25. The topological polar surface area (TPSA) is 65.5 Å². The van der Waals surface area contributed by atoms with E-state index < -0.39 is 0 Å². The smallest absolute Gasteiger partial charge is 0.338 e. The van der Waals surface area contributed by atoms with Crippen LogP contribution in [0.1, 0.15) is 34.6 Å². The molecule has 0 N–H and O–H groups in total. The number of rotatable bonds is 7. The zero-order valence-electron chi connectivity index (χ0n) is 19.2. The molecule has 4 aromatic rings. The number of aromatic nitrogens is 1. The predicted molar refractivity (Wildman–Crippen MR) is 132 cm³/mol. The van der Waals surface area contributed by atoms with Gasteiger partial charge < -0.3 is 9.47 Å². The molecule has 170 valence electrons. The highest BCUT2D eigenvalue weighted by molar-refractivity contribution is 5.97. The summed E-state index contributed by atoms with van der Waals surface area (Å²) in [6.45, 7) is 4.20. The molecule has 34 heavy (non-hydrogen) atoms. The number of benzene rings is 3. The van der Waals surface area contributed by atoms with Gasteiger partial charge >= 0.3 is 11.9 Å². The number of pyridine rings is 1. The van der Waals surface area contributed by atoms with Crippen LogP contribution >= 0.6 is 0 Å². The summed E-state index contributed by atoms with van der Waals surface area (Å²) < 4.78 is 10.4. The summed E-state index contributed by atoms with van der Waals surface area (Å²) in [6.07, 6.45) is 1.75. The molecule has 0 fully saturated rings. The van der Waals surface area contributed by atoms with Crippen molar-refractivity contribution in [3.05, 3.63) is 102 Å². The van der Waals surface area contributed by atoms with E-state index in [1.807, 2.05) is 72.8 Å². The number of carbonyl (C=O) groups is 2. The van der Waals surface area contributed by atoms with Crippen molar-refractivity contribution in [1.29, 1.82) is 0 Å². The molecule has 0 spiro atoms. The molecule has 5 nitrogen and oxygen atoms in total. The van der Waals surface area contributed by atoms with E-state index in [1.54, 1.807) is 32.2 Å². The van der Waals surface area contributed by atoms with Crippen molar-refractivity contribution >= 4 is 11.9 Å². The van der Waals surface area contributed by atoms with Crippen LogP contribution in [-0.2, 0) is 9.47 Å². The van der Waals surface area contributed by atoms with Gasteiger partial charge in [0.25, 0.3) is 0 Å². The first-order valence-electron chi connectivity index (χ1n) is 11.2. The van der Waals surface area contributed by atoms with Crippen LogP contribution in [0.25, 0.3) is 33.5 Å². The Morgan fingerprint density at radius 3 is 1.68 bits per heavy atom. The lowest BCUT2D eigenvalue weighted by Crippen LogP contribution is -2.05. The molecule has 0 amide bonds. The van der Waals surface area contributed by atoms with Crippen LogP contribution in [0.4, 0.5) is 0 Å². The summed E-state index contributed by atoms with van der Waals surface area (Å²) >= 11 is 0. The van der Waals surface area contributed by atoms with Gasteiger partial charge in [-0.05, 0) is 72.5 Å². The second-order valence-electron chi connectivity index (χ2n) is 7.55. The van der Waals surface area contributed by atoms with Gasteiger partial charge in [0.1, 0.15) is 0 Å². The van der Waals surface area contributed by atoms with Gasteiger partial charge in [-0.25, -0.2) is 9.59 Å². The van der Waals surface area contributed by atoms with E-state index in [2.05, 4.69) is 4.98 Å². The van der Waals surface area contributed by atoms with E-state index in [0.717, 1.165) is 33.5 Å². The highest BCUT2D eigenvalue weighted by Gasteiger charge is 2.17. The Hall–Kier alpha value is -4.25. The average Bonchev–Trinajstić information content (AvgIpc) is 2.89. The Morgan fingerprint density at radius 1 is 0.676 bits per heavy atom. The van der Waals surface area contributed by atoms with E-state index in [4.69, 9.17) is 9.47 Å². The summed E-state index contributed by atoms with van der Waals surface area (Å²) in [4.78, 5) is 29.3. The number of hydrogen-bond acceptors (Lipinski definition) is 5. The number of nitrogens with zero attached hydrogens (tertiary/aromatic N) is 1. The molecule has 0 aliphatic heterocycles. The fraction of sp³-hybridized carbons (Fsp3) is 0.138. The molecule has 0 radical (unpaired) electrons. The standard InChI is InChI=1S/C29H25NO4/c1-3-33-28(31)22-12-7-10-20(18-22)24-14-9-15-25(27(24)26-16-5-6-17-30-26)21-11-8-13-23(19-21)29(32)34-4-2/h5-19H,3-4H2,1-2H3. The Balaban J connectivity index is 1.91. The lowest BCUT2D eigenvalue weighted by molar-refractivity contribution is 0.0517. The van der Waals surface area contributed by atoms with Crippen molar-refractivity contribution < 1.29 is 19.1 Å². The third-order valence-corrected chi connectivity index (χ3v) is 5.35. The van der Waals surface area contributed by atoms with Crippen LogP contribution in [0.3, 0.4) is 0 Å². The maximum atomic E-state index is 12.3. The molecule has 1 heterocycles. The SMILES string of the molecule is CCOC(=O)c1cccc(-c2cccc(-c3cccc(C(=O)OCC)c3)c2-c2ccccn2)c1. The molecule has 0 aliphatic rings. The third-order valence-electron chi connectivity index (χ3n) is 5.35. The third kappa shape index (κ3) is 4.89. The first-order chi connectivity index (χ1) is 16.6. The first-order valence-corrected chi connectivity index (χ1v) is 11.2. The zero-order valence-corrected chi connectivity index (χ0v) is 19.2. The number of hydrogen-bond donors (Lipinski definition) is 0. The second-order valence-corrected chi connectivity index (χ2v) is 7.55. The molecule has 1 aromatic heterocycles. The second kappa shape index (κ2) is 10.6. The summed E-state index contributed by atoms with van der Waals surface area (Å²) in [5, 5.41) is 0. The van der Waals surface area contributed by atoms with Gasteiger partial charge in [-0.1, -0.05) is 48.5 Å². The van der Waals surface area contributed by atoms with Crippen molar-refractivity contribution in [1.82, 2.24) is 4.98 Å². The van der Waals surface area contributed by atoms with Gasteiger partial charge in [0.2, 0.25) is 0 Å². The Morgan fingerprint density at radius 2 is 1.21 bits per heavy atom. The molecule has 0 bridgehead atoms. The Labute approximate surface area is 199 Å². The summed E-state index contributed by atoms with van der Waals surface area (Å²) in [6, 6.07) is 26.5. The maximum absolute atomic E-state index is 12.3. The van der Waals surface area contributed by atoms with Gasteiger partial charge in [0.15, 0.2) is 0 Å². The van der Waals surface area contributed by atoms with Crippen molar-refractivity contribution in [2.75, 3.05) is 13.2 Å². The number of carbonyl (C=O) groups excluding carboxylic acids is 2. The molecule has 4 rings (SSSR count). The fourth-order valence-electron chi connectivity index (χ4n) is 3.88.